The lowest BCUT2D eigenvalue weighted by Crippen LogP contribution is -2.04. The number of nitrogens with zero attached hydrogens (tertiary/aromatic N) is 3. The number of hydrogen-bond donors (Lipinski definition) is 0. The van der Waals surface area contributed by atoms with Gasteiger partial charge in [0.25, 0.3) is 0 Å². The molecular formula is C12H13N3OS. The van der Waals surface area contributed by atoms with Crippen molar-refractivity contribution in [3.8, 4) is 0 Å². The molecular weight excluding hydrogens is 234 g/mol. The van der Waals surface area contributed by atoms with Crippen molar-refractivity contribution in [2.24, 2.45) is 0 Å². The van der Waals surface area contributed by atoms with E-state index in [4.69, 9.17) is 0 Å². The van der Waals surface area contributed by atoms with Crippen molar-refractivity contribution < 1.29 is 4.79 Å². The lowest BCUT2D eigenvalue weighted by Gasteiger charge is -2.17. The van der Waals surface area contributed by atoms with E-state index in [1.54, 1.807) is 16.8 Å². The fraction of sp³-hybridized carbons (Fsp3) is 0.417. The number of hydrogen-bond acceptors (Lipinski definition) is 4. The Labute approximate surface area is 103 Å². The van der Waals surface area contributed by atoms with Gasteiger partial charge in [0.1, 0.15) is 0 Å². The van der Waals surface area contributed by atoms with Gasteiger partial charge in [-0.1, -0.05) is 6.42 Å². The van der Waals surface area contributed by atoms with Crippen LogP contribution in [0.1, 0.15) is 40.7 Å². The van der Waals surface area contributed by atoms with E-state index in [-0.39, 0.29) is 0 Å². The van der Waals surface area contributed by atoms with Crippen LogP contribution in [-0.2, 0) is 0 Å². The number of carbonyl (C=O) groups is 1. The number of fused-ring (bicyclic) bond motifs is 1. The van der Waals surface area contributed by atoms with Crippen molar-refractivity contribution >= 4 is 23.7 Å². The van der Waals surface area contributed by atoms with Crippen LogP contribution in [0.2, 0.25) is 0 Å². The molecule has 1 atom stereocenters. The van der Waals surface area contributed by atoms with Gasteiger partial charge in [-0.3, -0.25) is 4.79 Å². The zero-order valence-corrected chi connectivity index (χ0v) is 10.2. The topological polar surface area (TPSA) is 47.3 Å². The standard InChI is InChI=1S/C12H13N3OS/c16-8-9-4-5-11-13-12(14-15(11)7-9)10-3-1-2-6-17-10/h4-5,7-8,10H,1-3,6H2. The molecule has 0 saturated carbocycles. The normalized spacial score (nSPS) is 20.6. The van der Waals surface area contributed by atoms with Crippen LogP contribution in [0.15, 0.2) is 18.3 Å². The predicted octanol–water partition coefficient (Wildman–Crippen LogP) is 2.50. The highest BCUT2D eigenvalue weighted by molar-refractivity contribution is 7.99. The van der Waals surface area contributed by atoms with Gasteiger partial charge in [-0.25, -0.2) is 9.50 Å². The minimum atomic E-state index is 0.420. The molecule has 0 bridgehead atoms. The minimum Gasteiger partial charge on any atom is -0.298 e. The van der Waals surface area contributed by atoms with Crippen LogP contribution in [0.4, 0.5) is 0 Å². The summed E-state index contributed by atoms with van der Waals surface area (Å²) < 4.78 is 1.70. The third-order valence-electron chi connectivity index (χ3n) is 2.97. The molecule has 0 aromatic carbocycles. The molecule has 5 heteroatoms. The first-order valence-corrected chi connectivity index (χ1v) is 6.85. The Morgan fingerprint density at radius 2 is 2.35 bits per heavy atom. The number of rotatable bonds is 2. The second-order valence-electron chi connectivity index (χ2n) is 4.21. The highest BCUT2D eigenvalue weighted by atomic mass is 32.2. The van der Waals surface area contributed by atoms with Crippen LogP contribution in [0, 0.1) is 0 Å². The number of aldehydes is 1. The molecule has 0 aliphatic carbocycles. The number of aromatic nitrogens is 3. The highest BCUT2D eigenvalue weighted by Gasteiger charge is 2.20. The summed E-state index contributed by atoms with van der Waals surface area (Å²) in [5.74, 6) is 2.09. The first kappa shape index (κ1) is 10.8. The predicted molar refractivity (Wildman–Crippen MR) is 67.4 cm³/mol. The molecule has 1 saturated heterocycles. The van der Waals surface area contributed by atoms with E-state index in [1.807, 2.05) is 17.8 Å². The van der Waals surface area contributed by atoms with E-state index in [1.165, 1.54) is 18.6 Å². The lowest BCUT2D eigenvalue weighted by atomic mass is 10.2. The molecule has 3 rings (SSSR count). The molecule has 17 heavy (non-hydrogen) atoms. The van der Waals surface area contributed by atoms with Gasteiger partial charge in [-0.15, -0.1) is 0 Å². The Bertz CT molecular complexity index is 546. The molecule has 0 radical (unpaired) electrons. The molecule has 0 amide bonds. The van der Waals surface area contributed by atoms with Crippen molar-refractivity contribution in [3.05, 3.63) is 29.7 Å². The Balaban J connectivity index is 1.97. The molecule has 1 unspecified atom stereocenters. The SMILES string of the molecule is O=Cc1ccc2nc(C3CCCCS3)nn2c1. The van der Waals surface area contributed by atoms with Crippen LogP contribution in [-0.4, -0.2) is 26.6 Å². The van der Waals surface area contributed by atoms with Crippen molar-refractivity contribution in [2.75, 3.05) is 5.75 Å². The summed E-state index contributed by atoms with van der Waals surface area (Å²) in [5, 5.41) is 4.89. The van der Waals surface area contributed by atoms with Gasteiger partial charge in [-0.05, 0) is 30.7 Å². The molecule has 0 N–H and O–H groups in total. The van der Waals surface area contributed by atoms with Gasteiger partial charge in [0.05, 0.1) is 5.25 Å². The Morgan fingerprint density at radius 3 is 3.12 bits per heavy atom. The third kappa shape index (κ3) is 2.07. The van der Waals surface area contributed by atoms with E-state index < -0.39 is 0 Å². The lowest BCUT2D eigenvalue weighted by molar-refractivity contribution is 0.112. The summed E-state index contributed by atoms with van der Waals surface area (Å²) in [4.78, 5) is 15.2. The summed E-state index contributed by atoms with van der Waals surface area (Å²) >= 11 is 1.93. The van der Waals surface area contributed by atoms with Crippen molar-refractivity contribution in [1.29, 1.82) is 0 Å². The Kier molecular flexibility index (Phi) is 2.84. The van der Waals surface area contributed by atoms with Crippen LogP contribution in [0.25, 0.3) is 5.65 Å². The van der Waals surface area contributed by atoms with E-state index in [0.717, 1.165) is 24.2 Å². The van der Waals surface area contributed by atoms with Gasteiger partial charge < -0.3 is 0 Å². The van der Waals surface area contributed by atoms with Crippen molar-refractivity contribution in [2.45, 2.75) is 24.5 Å². The van der Waals surface area contributed by atoms with Gasteiger partial charge in [0.15, 0.2) is 17.8 Å². The average Bonchev–Trinajstić information content (AvgIpc) is 2.82. The summed E-state index contributed by atoms with van der Waals surface area (Å²) in [5.41, 5.74) is 1.45. The minimum absolute atomic E-state index is 0.420. The van der Waals surface area contributed by atoms with Gasteiger partial charge in [-0.2, -0.15) is 16.9 Å². The maximum atomic E-state index is 10.7. The second-order valence-corrected chi connectivity index (χ2v) is 5.52. The smallest absolute Gasteiger partial charge is 0.164 e. The number of pyridine rings is 1. The maximum Gasteiger partial charge on any atom is 0.164 e. The summed E-state index contributed by atoms with van der Waals surface area (Å²) in [7, 11) is 0. The largest absolute Gasteiger partial charge is 0.298 e. The zero-order valence-electron chi connectivity index (χ0n) is 9.37. The average molecular weight is 247 g/mol. The van der Waals surface area contributed by atoms with Crippen molar-refractivity contribution in [3.63, 3.8) is 0 Å². The van der Waals surface area contributed by atoms with E-state index in [2.05, 4.69) is 10.1 Å². The monoisotopic (exact) mass is 247 g/mol. The van der Waals surface area contributed by atoms with E-state index in [9.17, 15) is 4.79 Å². The highest BCUT2D eigenvalue weighted by Crippen LogP contribution is 2.36. The fourth-order valence-electron chi connectivity index (χ4n) is 2.07. The second kappa shape index (κ2) is 4.49. The quantitative estimate of drug-likeness (QED) is 0.765. The van der Waals surface area contributed by atoms with Gasteiger partial charge >= 0.3 is 0 Å². The van der Waals surface area contributed by atoms with Gasteiger partial charge in [0.2, 0.25) is 0 Å². The zero-order chi connectivity index (χ0) is 11.7. The molecule has 1 aliphatic heterocycles. The molecule has 2 aromatic heterocycles. The van der Waals surface area contributed by atoms with Crippen LogP contribution >= 0.6 is 11.8 Å². The molecule has 0 spiro atoms. The van der Waals surface area contributed by atoms with Crippen LogP contribution in [0.3, 0.4) is 0 Å². The molecule has 2 aromatic rings. The number of thioether (sulfide) groups is 1. The van der Waals surface area contributed by atoms with E-state index >= 15 is 0 Å². The number of carbonyl (C=O) groups excluding carboxylic acids is 1. The molecule has 3 heterocycles. The maximum absolute atomic E-state index is 10.7. The first-order chi connectivity index (χ1) is 8.36. The van der Waals surface area contributed by atoms with E-state index in [0.29, 0.717) is 10.8 Å². The Morgan fingerprint density at radius 1 is 1.41 bits per heavy atom. The molecule has 1 fully saturated rings. The summed E-state index contributed by atoms with van der Waals surface area (Å²) in [6.07, 6.45) is 6.27. The van der Waals surface area contributed by atoms with Crippen LogP contribution < -0.4 is 0 Å². The third-order valence-corrected chi connectivity index (χ3v) is 4.35. The van der Waals surface area contributed by atoms with Crippen molar-refractivity contribution in [1.82, 2.24) is 14.6 Å². The summed E-state index contributed by atoms with van der Waals surface area (Å²) in [6, 6.07) is 3.61. The molecule has 4 nitrogen and oxygen atoms in total. The Hall–Kier alpha value is -1.36. The van der Waals surface area contributed by atoms with Crippen LogP contribution in [0.5, 0.6) is 0 Å². The summed E-state index contributed by atoms with van der Waals surface area (Å²) in [6.45, 7) is 0. The fourth-order valence-corrected chi connectivity index (χ4v) is 3.30. The van der Waals surface area contributed by atoms with Gasteiger partial charge in [0, 0.05) is 11.8 Å². The first-order valence-electron chi connectivity index (χ1n) is 5.80. The molecule has 1 aliphatic rings. The molecule has 88 valence electrons.